The number of fused-ring (bicyclic) bond motifs is 4. The summed E-state index contributed by atoms with van der Waals surface area (Å²) < 4.78 is 0. The van der Waals surface area contributed by atoms with E-state index in [2.05, 4.69) is 66.0 Å². The Labute approximate surface area is 353 Å². The number of aromatic nitrogens is 2. The summed E-state index contributed by atoms with van der Waals surface area (Å²) in [6.45, 7) is 12.1. The predicted molar refractivity (Wildman–Crippen MR) is 246 cm³/mol. The van der Waals surface area contributed by atoms with E-state index in [0.29, 0.717) is 24.2 Å². The molecule has 0 saturated carbocycles. The summed E-state index contributed by atoms with van der Waals surface area (Å²) in [4.78, 5) is 41.7. The molecule has 8 rings (SSSR count). The predicted octanol–water partition coefficient (Wildman–Crippen LogP) is 6.22. The van der Waals surface area contributed by atoms with Crippen molar-refractivity contribution >= 4 is 66.8 Å². The fourth-order valence-electron chi connectivity index (χ4n) is 8.77. The zero-order valence-corrected chi connectivity index (χ0v) is 34.8. The number of anilines is 2. The molecule has 0 bridgehead atoms. The molecule has 2 aliphatic heterocycles. The number of carbonyl (C=O) groups is 2. The standard InChI is InChI=1S/C48H60N10O2/c59-47(53-27-33-57-29-7-1-8-30-57)39-17-11-15-37-43(35-13-3-5-19-41(35)55-45(37)39)51-25-23-49-21-22-50-24-26-52-44-36-14-4-6-20-42(36)56-46-38(44)16-12-18-40(46)48(60)54-28-34-58-31-9-2-10-32-58/h3-6,11-20,49-50H,1-2,7-10,21-34H2,(H,51,55)(H,52,56)(H,53,59)(H,54,60). The number of pyridine rings is 2. The number of amides is 2. The Morgan fingerprint density at radius 1 is 0.450 bits per heavy atom. The van der Waals surface area contributed by atoms with Crippen molar-refractivity contribution in [1.29, 1.82) is 0 Å². The zero-order chi connectivity index (χ0) is 40.9. The van der Waals surface area contributed by atoms with Gasteiger partial charge in [0.05, 0.1) is 44.6 Å². The third kappa shape index (κ3) is 10.1. The Kier molecular flexibility index (Phi) is 14.3. The first-order valence-corrected chi connectivity index (χ1v) is 22.2. The minimum absolute atomic E-state index is 0.0782. The van der Waals surface area contributed by atoms with Crippen molar-refractivity contribution < 1.29 is 9.59 Å². The molecule has 60 heavy (non-hydrogen) atoms. The lowest BCUT2D eigenvalue weighted by Crippen LogP contribution is -2.37. The fourth-order valence-corrected chi connectivity index (χ4v) is 8.77. The molecule has 2 aliphatic rings. The number of hydrogen-bond donors (Lipinski definition) is 6. The quantitative estimate of drug-likeness (QED) is 0.0413. The van der Waals surface area contributed by atoms with E-state index in [0.717, 1.165) is 134 Å². The van der Waals surface area contributed by atoms with Crippen molar-refractivity contribution in [3.63, 3.8) is 0 Å². The Morgan fingerprint density at radius 3 is 1.30 bits per heavy atom. The Hall–Kier alpha value is -5.40. The molecular weight excluding hydrogens is 749 g/mol. The van der Waals surface area contributed by atoms with E-state index in [-0.39, 0.29) is 11.8 Å². The van der Waals surface area contributed by atoms with Crippen LogP contribution in [-0.2, 0) is 0 Å². The van der Waals surface area contributed by atoms with E-state index in [1.807, 2.05) is 60.7 Å². The van der Waals surface area contributed by atoms with Crippen molar-refractivity contribution in [3.8, 4) is 0 Å². The maximum absolute atomic E-state index is 13.4. The lowest BCUT2D eigenvalue weighted by Gasteiger charge is -2.26. The summed E-state index contributed by atoms with van der Waals surface area (Å²) in [5.74, 6) is -0.156. The van der Waals surface area contributed by atoms with Crippen LogP contribution in [0, 0.1) is 0 Å². The van der Waals surface area contributed by atoms with E-state index in [1.165, 1.54) is 38.5 Å². The topological polar surface area (TPSA) is 139 Å². The summed E-state index contributed by atoms with van der Waals surface area (Å²) in [5.41, 5.74) is 6.38. The van der Waals surface area contributed by atoms with Gasteiger partial charge in [0.15, 0.2) is 0 Å². The highest BCUT2D eigenvalue weighted by molar-refractivity contribution is 6.15. The van der Waals surface area contributed by atoms with Crippen molar-refractivity contribution in [3.05, 3.63) is 96.1 Å². The fraction of sp³-hybridized carbons (Fsp3) is 0.417. The highest BCUT2D eigenvalue weighted by atomic mass is 16.2. The van der Waals surface area contributed by atoms with Crippen LogP contribution in [0.4, 0.5) is 11.4 Å². The maximum Gasteiger partial charge on any atom is 0.253 e. The molecule has 4 aromatic carbocycles. The minimum atomic E-state index is -0.0782. The van der Waals surface area contributed by atoms with Crippen LogP contribution in [0.25, 0.3) is 43.6 Å². The van der Waals surface area contributed by atoms with Gasteiger partial charge in [0.25, 0.3) is 11.8 Å². The molecule has 2 amide bonds. The molecule has 0 radical (unpaired) electrons. The molecule has 2 aromatic heterocycles. The van der Waals surface area contributed by atoms with E-state index in [9.17, 15) is 9.59 Å². The highest BCUT2D eigenvalue weighted by Gasteiger charge is 2.19. The Balaban J connectivity index is 0.818. The normalized spacial score (nSPS) is 15.1. The number of nitrogens with zero attached hydrogens (tertiary/aromatic N) is 4. The van der Waals surface area contributed by atoms with Crippen molar-refractivity contribution in [1.82, 2.24) is 41.0 Å². The van der Waals surface area contributed by atoms with Crippen LogP contribution in [0.15, 0.2) is 84.9 Å². The third-order valence-corrected chi connectivity index (χ3v) is 11.9. The average Bonchev–Trinajstić information content (AvgIpc) is 3.29. The molecule has 0 unspecified atom stereocenters. The van der Waals surface area contributed by atoms with Gasteiger partial charge < -0.3 is 41.7 Å². The van der Waals surface area contributed by atoms with Crippen molar-refractivity contribution in [2.75, 3.05) is 102 Å². The molecule has 4 heterocycles. The summed E-state index contributed by atoms with van der Waals surface area (Å²) in [6.07, 6.45) is 7.56. The number of benzene rings is 4. The molecule has 0 aliphatic carbocycles. The minimum Gasteiger partial charge on any atom is -0.383 e. The molecule has 12 nitrogen and oxygen atoms in total. The van der Waals surface area contributed by atoms with Gasteiger partial charge in [-0.25, -0.2) is 9.97 Å². The van der Waals surface area contributed by atoms with Gasteiger partial charge in [-0.15, -0.1) is 0 Å². The summed E-state index contributed by atoms with van der Waals surface area (Å²) >= 11 is 0. The number of nitrogens with one attached hydrogen (secondary N) is 6. The molecule has 2 saturated heterocycles. The SMILES string of the molecule is O=C(NCCN1CCCCC1)c1cccc2c(NCCNCCNCCNc3c4ccccc4nc4c(C(=O)NCCN5CCCCC5)cccc34)c3ccccc3nc12. The summed E-state index contributed by atoms with van der Waals surface area (Å²) in [6, 6.07) is 28.0. The van der Waals surface area contributed by atoms with E-state index >= 15 is 0 Å². The molecule has 6 N–H and O–H groups in total. The van der Waals surface area contributed by atoms with Crippen LogP contribution >= 0.6 is 0 Å². The number of rotatable bonds is 19. The first-order valence-electron chi connectivity index (χ1n) is 22.2. The molecule has 2 fully saturated rings. The number of likely N-dealkylation sites (tertiary alicyclic amines) is 2. The van der Waals surface area contributed by atoms with Gasteiger partial charge in [0.1, 0.15) is 0 Å². The summed E-state index contributed by atoms with van der Waals surface area (Å²) in [5, 5.41) is 24.8. The van der Waals surface area contributed by atoms with Gasteiger partial charge in [-0.2, -0.15) is 0 Å². The lowest BCUT2D eigenvalue weighted by molar-refractivity contribution is 0.0940. The van der Waals surface area contributed by atoms with Crippen LogP contribution in [0.2, 0.25) is 0 Å². The van der Waals surface area contributed by atoms with E-state index in [4.69, 9.17) is 9.97 Å². The van der Waals surface area contributed by atoms with Crippen molar-refractivity contribution in [2.24, 2.45) is 0 Å². The zero-order valence-electron chi connectivity index (χ0n) is 34.8. The third-order valence-electron chi connectivity index (χ3n) is 11.9. The highest BCUT2D eigenvalue weighted by Crippen LogP contribution is 2.33. The van der Waals surface area contributed by atoms with E-state index in [1.54, 1.807) is 0 Å². The first-order chi connectivity index (χ1) is 29.6. The first kappa shape index (κ1) is 41.3. The monoisotopic (exact) mass is 808 g/mol. The second-order valence-electron chi connectivity index (χ2n) is 16.1. The molecule has 0 atom stereocenters. The van der Waals surface area contributed by atoms with Crippen LogP contribution in [0.5, 0.6) is 0 Å². The lowest BCUT2D eigenvalue weighted by atomic mass is 10.0. The molecular formula is C48H60N10O2. The summed E-state index contributed by atoms with van der Waals surface area (Å²) in [7, 11) is 0. The van der Waals surface area contributed by atoms with Gasteiger partial charge in [-0.3, -0.25) is 9.59 Å². The van der Waals surface area contributed by atoms with Crippen molar-refractivity contribution in [2.45, 2.75) is 38.5 Å². The van der Waals surface area contributed by atoms with Gasteiger partial charge in [0, 0.05) is 87.0 Å². The Bertz CT molecular complexity index is 2220. The van der Waals surface area contributed by atoms with Gasteiger partial charge in [0.2, 0.25) is 0 Å². The second kappa shape index (κ2) is 20.7. The van der Waals surface area contributed by atoms with Crippen LogP contribution < -0.4 is 31.9 Å². The number of carbonyl (C=O) groups excluding carboxylic acids is 2. The maximum atomic E-state index is 13.4. The number of hydrogen-bond acceptors (Lipinski definition) is 10. The molecule has 0 spiro atoms. The van der Waals surface area contributed by atoms with E-state index < -0.39 is 0 Å². The second-order valence-corrected chi connectivity index (χ2v) is 16.1. The number of para-hydroxylation sites is 4. The smallest absolute Gasteiger partial charge is 0.253 e. The average molecular weight is 809 g/mol. The molecule has 12 heteroatoms. The Morgan fingerprint density at radius 2 is 0.850 bits per heavy atom. The van der Waals surface area contributed by atoms with Crippen LogP contribution in [0.1, 0.15) is 59.2 Å². The molecule has 6 aromatic rings. The van der Waals surface area contributed by atoms with Gasteiger partial charge in [-0.1, -0.05) is 73.5 Å². The number of piperidine rings is 2. The van der Waals surface area contributed by atoms with Gasteiger partial charge in [-0.05, 0) is 76.1 Å². The largest absolute Gasteiger partial charge is 0.383 e. The van der Waals surface area contributed by atoms with Crippen LogP contribution in [0.3, 0.4) is 0 Å². The van der Waals surface area contributed by atoms with Gasteiger partial charge >= 0.3 is 0 Å². The molecule has 314 valence electrons. The van der Waals surface area contributed by atoms with Crippen LogP contribution in [-0.4, -0.2) is 123 Å².